The zero-order chi connectivity index (χ0) is 17.6. The third-order valence-corrected chi connectivity index (χ3v) is 4.33. The molecule has 0 aliphatic carbocycles. The number of aromatic nitrogens is 1. The molecule has 0 spiro atoms. The number of ether oxygens (including phenoxy) is 1. The van der Waals surface area contributed by atoms with Gasteiger partial charge in [-0.25, -0.2) is 4.98 Å². The van der Waals surface area contributed by atoms with Gasteiger partial charge in [0.05, 0.1) is 18.5 Å². The number of nitrogens with one attached hydrogen (secondary N) is 1. The summed E-state index contributed by atoms with van der Waals surface area (Å²) < 4.78 is 5.11. The Balaban J connectivity index is 1.63. The number of methoxy groups -OCH3 is 1. The van der Waals surface area contributed by atoms with Gasteiger partial charge in [-0.2, -0.15) is 0 Å². The first kappa shape index (κ1) is 17.4. The highest BCUT2D eigenvalue weighted by atomic mass is 16.5. The monoisotopic (exact) mass is 340 g/mol. The molecule has 0 bridgehead atoms. The van der Waals surface area contributed by atoms with Crippen LogP contribution in [0, 0.1) is 0 Å². The Labute approximate surface area is 148 Å². The van der Waals surface area contributed by atoms with E-state index < -0.39 is 0 Å². The Bertz CT molecular complexity index is 710. The van der Waals surface area contributed by atoms with Gasteiger partial charge in [-0.1, -0.05) is 12.1 Å². The second kappa shape index (κ2) is 8.09. The van der Waals surface area contributed by atoms with Crippen molar-refractivity contribution in [3.05, 3.63) is 53.7 Å². The van der Waals surface area contributed by atoms with E-state index in [9.17, 15) is 4.79 Å². The Morgan fingerprint density at radius 3 is 2.68 bits per heavy atom. The number of amides is 1. The summed E-state index contributed by atoms with van der Waals surface area (Å²) in [5.41, 5.74) is 2.27. The molecule has 1 N–H and O–H groups in total. The molecule has 1 amide bonds. The number of pyridine rings is 1. The van der Waals surface area contributed by atoms with Gasteiger partial charge in [0.25, 0.3) is 5.91 Å². The van der Waals surface area contributed by atoms with Gasteiger partial charge < -0.3 is 19.9 Å². The number of benzene rings is 1. The highest BCUT2D eigenvalue weighted by molar-refractivity contribution is 6.04. The van der Waals surface area contributed by atoms with E-state index in [-0.39, 0.29) is 5.91 Å². The molecule has 1 aliphatic rings. The fourth-order valence-corrected chi connectivity index (χ4v) is 2.85. The number of carbonyl (C=O) groups is 1. The normalized spacial score (nSPS) is 15.2. The summed E-state index contributed by atoms with van der Waals surface area (Å²) in [6.45, 7) is 4.52. The minimum Gasteiger partial charge on any atom is -0.380 e. The average Bonchev–Trinajstić information content (AvgIpc) is 2.64. The molecular weight excluding hydrogens is 316 g/mol. The molecule has 1 aromatic carbocycles. The summed E-state index contributed by atoms with van der Waals surface area (Å²) in [7, 11) is 3.77. The maximum Gasteiger partial charge on any atom is 0.255 e. The Kier molecular flexibility index (Phi) is 5.63. The first-order chi connectivity index (χ1) is 12.2. The number of hydrogen-bond acceptors (Lipinski definition) is 5. The molecule has 1 saturated heterocycles. The fraction of sp³-hybridized carbons (Fsp3) is 0.368. The van der Waals surface area contributed by atoms with E-state index in [0.29, 0.717) is 17.9 Å². The summed E-state index contributed by atoms with van der Waals surface area (Å²) in [6, 6.07) is 11.3. The third kappa shape index (κ3) is 4.55. The van der Waals surface area contributed by atoms with E-state index in [1.165, 1.54) is 0 Å². The Morgan fingerprint density at radius 1 is 1.20 bits per heavy atom. The van der Waals surface area contributed by atoms with Crippen LogP contribution in [0.2, 0.25) is 0 Å². The van der Waals surface area contributed by atoms with E-state index >= 15 is 0 Å². The minimum absolute atomic E-state index is 0.146. The van der Waals surface area contributed by atoms with Crippen LogP contribution in [0.3, 0.4) is 0 Å². The zero-order valence-electron chi connectivity index (χ0n) is 14.7. The smallest absolute Gasteiger partial charge is 0.255 e. The van der Waals surface area contributed by atoms with Crippen LogP contribution in [0.1, 0.15) is 15.9 Å². The van der Waals surface area contributed by atoms with E-state index in [0.717, 1.165) is 37.6 Å². The fourth-order valence-electron chi connectivity index (χ4n) is 2.85. The maximum absolute atomic E-state index is 12.4. The van der Waals surface area contributed by atoms with Crippen molar-refractivity contribution in [2.75, 3.05) is 50.6 Å². The van der Waals surface area contributed by atoms with Gasteiger partial charge in [-0.05, 0) is 36.9 Å². The van der Waals surface area contributed by atoms with Crippen molar-refractivity contribution in [1.29, 1.82) is 0 Å². The highest BCUT2D eigenvalue weighted by Gasteiger charge is 2.15. The third-order valence-electron chi connectivity index (χ3n) is 4.33. The summed E-state index contributed by atoms with van der Waals surface area (Å²) in [5.74, 6) is 0.806. The van der Waals surface area contributed by atoms with E-state index in [2.05, 4.69) is 27.1 Å². The van der Waals surface area contributed by atoms with Crippen molar-refractivity contribution < 1.29 is 9.53 Å². The van der Waals surface area contributed by atoms with Crippen molar-refractivity contribution in [1.82, 2.24) is 9.88 Å². The molecule has 1 aliphatic heterocycles. The number of anilines is 2. The molecule has 0 atom stereocenters. The van der Waals surface area contributed by atoms with E-state index in [1.54, 1.807) is 19.4 Å². The molecule has 2 heterocycles. The highest BCUT2D eigenvalue weighted by Crippen LogP contribution is 2.17. The lowest BCUT2D eigenvalue weighted by atomic mass is 10.1. The minimum atomic E-state index is -0.146. The number of rotatable bonds is 5. The second-order valence-electron chi connectivity index (χ2n) is 6.28. The van der Waals surface area contributed by atoms with Gasteiger partial charge >= 0.3 is 0 Å². The lowest BCUT2D eigenvalue weighted by Crippen LogP contribution is -2.44. The molecule has 6 heteroatoms. The van der Waals surface area contributed by atoms with Crippen LogP contribution in [0.25, 0.3) is 0 Å². The molecule has 2 aromatic rings. The largest absolute Gasteiger partial charge is 0.380 e. The summed E-state index contributed by atoms with van der Waals surface area (Å²) in [5, 5.41) is 2.90. The molecule has 6 nitrogen and oxygen atoms in total. The van der Waals surface area contributed by atoms with Crippen LogP contribution in [0.15, 0.2) is 42.6 Å². The molecule has 0 radical (unpaired) electrons. The van der Waals surface area contributed by atoms with Crippen LogP contribution >= 0.6 is 0 Å². The first-order valence-corrected chi connectivity index (χ1v) is 8.44. The lowest BCUT2D eigenvalue weighted by molar-refractivity contribution is 0.102. The van der Waals surface area contributed by atoms with Gasteiger partial charge in [0, 0.05) is 38.9 Å². The van der Waals surface area contributed by atoms with Gasteiger partial charge in [-0.15, -0.1) is 0 Å². The lowest BCUT2D eigenvalue weighted by Gasteiger charge is -2.33. The maximum atomic E-state index is 12.4. The number of carbonyl (C=O) groups excluding carboxylic acids is 1. The van der Waals surface area contributed by atoms with E-state index in [4.69, 9.17) is 4.74 Å². The van der Waals surface area contributed by atoms with Crippen molar-refractivity contribution in [3.8, 4) is 0 Å². The number of nitrogens with zero attached hydrogens (tertiary/aromatic N) is 3. The standard InChI is InChI=1S/C19H24N4O2/c1-22-8-10-23(11-9-22)18-7-6-17(13-20-18)21-19(24)16-5-3-4-15(12-16)14-25-2/h3-7,12-13H,8-11,14H2,1-2H3,(H,21,24). The van der Waals surface area contributed by atoms with Gasteiger partial charge in [0.2, 0.25) is 0 Å². The summed E-state index contributed by atoms with van der Waals surface area (Å²) in [4.78, 5) is 21.5. The predicted molar refractivity (Wildman–Crippen MR) is 99.1 cm³/mol. The van der Waals surface area contributed by atoms with Crippen LogP contribution in [-0.2, 0) is 11.3 Å². The van der Waals surface area contributed by atoms with Crippen LogP contribution in [0.5, 0.6) is 0 Å². The van der Waals surface area contributed by atoms with Crippen LogP contribution in [-0.4, -0.2) is 56.1 Å². The first-order valence-electron chi connectivity index (χ1n) is 8.44. The zero-order valence-corrected chi connectivity index (χ0v) is 14.7. The van der Waals surface area contributed by atoms with Crippen LogP contribution < -0.4 is 10.2 Å². The molecule has 1 fully saturated rings. The Hall–Kier alpha value is -2.44. The number of hydrogen-bond donors (Lipinski definition) is 1. The SMILES string of the molecule is COCc1cccc(C(=O)Nc2ccc(N3CCN(C)CC3)nc2)c1. The van der Waals surface area contributed by atoms with E-state index in [1.807, 2.05) is 30.3 Å². The van der Waals surface area contributed by atoms with Crippen molar-refractivity contribution in [2.45, 2.75) is 6.61 Å². The average molecular weight is 340 g/mol. The Morgan fingerprint density at radius 2 is 2.00 bits per heavy atom. The number of piperazine rings is 1. The summed E-state index contributed by atoms with van der Waals surface area (Å²) in [6.07, 6.45) is 1.71. The number of likely N-dealkylation sites (N-methyl/N-ethyl adjacent to an activating group) is 1. The van der Waals surface area contributed by atoms with Crippen molar-refractivity contribution in [2.24, 2.45) is 0 Å². The molecule has 132 valence electrons. The van der Waals surface area contributed by atoms with Gasteiger partial charge in [0.15, 0.2) is 0 Å². The topological polar surface area (TPSA) is 57.7 Å². The van der Waals surface area contributed by atoms with Gasteiger partial charge in [0.1, 0.15) is 5.82 Å². The molecule has 25 heavy (non-hydrogen) atoms. The molecular formula is C19H24N4O2. The molecule has 0 saturated carbocycles. The quantitative estimate of drug-likeness (QED) is 0.904. The molecule has 3 rings (SSSR count). The molecule has 0 unspecified atom stereocenters. The molecule has 1 aromatic heterocycles. The predicted octanol–water partition coefficient (Wildman–Crippen LogP) is 2.23. The van der Waals surface area contributed by atoms with Gasteiger partial charge in [-0.3, -0.25) is 4.79 Å². The van der Waals surface area contributed by atoms with Crippen molar-refractivity contribution in [3.63, 3.8) is 0 Å². The van der Waals surface area contributed by atoms with Crippen molar-refractivity contribution >= 4 is 17.4 Å². The second-order valence-corrected chi connectivity index (χ2v) is 6.28. The van der Waals surface area contributed by atoms with Crippen LogP contribution in [0.4, 0.5) is 11.5 Å². The summed E-state index contributed by atoms with van der Waals surface area (Å²) >= 11 is 0.